The van der Waals surface area contributed by atoms with Gasteiger partial charge in [0.15, 0.2) is 0 Å². The van der Waals surface area contributed by atoms with Gasteiger partial charge in [-0.1, -0.05) is 28.9 Å². The van der Waals surface area contributed by atoms with E-state index < -0.39 is 0 Å². The normalized spacial score (nSPS) is 7.87. The predicted octanol–water partition coefficient (Wildman–Crippen LogP) is -5.36. The molecule has 2 aromatic rings. The van der Waals surface area contributed by atoms with Crippen LogP contribution >= 0.6 is 15.9 Å². The average Bonchev–Trinajstić information content (AvgIpc) is 2.31. The molecule has 0 nitrogen and oxygen atoms in total. The van der Waals surface area contributed by atoms with Crippen molar-refractivity contribution in [2.75, 3.05) is 0 Å². The largest absolute Gasteiger partial charge is 4.00 e. The molecule has 80 valence electrons. The number of aryl methyl sites for hydroxylation is 1. The molecular weight excluding hydrogens is 531 g/mol. The zero-order chi connectivity index (χ0) is 7.84. The van der Waals surface area contributed by atoms with Crippen LogP contribution in [0, 0.1) is 6.92 Å². The van der Waals surface area contributed by atoms with Gasteiger partial charge < -0.3 is 50.9 Å². The average molecular weight is 539 g/mol. The van der Waals surface area contributed by atoms with Crippen molar-refractivity contribution in [3.8, 4) is 0 Å². The molecule has 0 unspecified atom stereocenters. The molecule has 0 N–H and O–H groups in total. The van der Waals surface area contributed by atoms with Gasteiger partial charge in [-0.3, -0.25) is 0 Å². The minimum atomic E-state index is 0. The van der Waals surface area contributed by atoms with E-state index >= 15 is 0 Å². The molecule has 0 aliphatic carbocycles. The van der Waals surface area contributed by atoms with Crippen LogP contribution in [-0.4, -0.2) is 0 Å². The van der Waals surface area contributed by atoms with Crippen molar-refractivity contribution in [1.29, 1.82) is 0 Å². The summed E-state index contributed by atoms with van der Waals surface area (Å²) in [7, 11) is 0. The van der Waals surface area contributed by atoms with Crippen molar-refractivity contribution in [1.82, 2.24) is 0 Å². The molecule has 0 aliphatic rings. The van der Waals surface area contributed by atoms with Gasteiger partial charge in [0, 0.05) is 0 Å². The molecule has 2 aromatic carbocycles. The van der Waals surface area contributed by atoms with E-state index in [0.717, 1.165) is 0 Å². The third-order valence-corrected chi connectivity index (χ3v) is 2.53. The third kappa shape index (κ3) is 5.20. The fourth-order valence-electron chi connectivity index (χ4n) is 1.35. The van der Waals surface area contributed by atoms with Crippen LogP contribution in [0.1, 0.15) is 5.56 Å². The van der Waals surface area contributed by atoms with Crippen LogP contribution in [0.5, 0.6) is 0 Å². The van der Waals surface area contributed by atoms with Gasteiger partial charge in [-0.2, -0.15) is 6.07 Å². The molecule has 0 amide bonds. The van der Waals surface area contributed by atoms with Gasteiger partial charge >= 0.3 is 26.2 Å². The number of hydrogen-bond acceptors (Lipinski definition) is 0. The maximum absolute atomic E-state index is 3.51. The summed E-state index contributed by atoms with van der Waals surface area (Å²) in [6.45, 7) is 2.12. The van der Waals surface area contributed by atoms with Crippen molar-refractivity contribution >= 4 is 26.7 Å². The van der Waals surface area contributed by atoms with Crippen molar-refractivity contribution in [2.45, 2.75) is 6.92 Å². The van der Waals surface area contributed by atoms with E-state index in [1.807, 2.05) is 0 Å². The standard InChI is InChI=1S/C10H8Br.3BrH.Zr/c1-7-5-8-3-2-4-10(11)9(8)6-7;;;;/h2-6H,1H3;3*1H;/q-1;;;;+4/p-3. The first-order valence-corrected chi connectivity index (χ1v) is 4.38. The second-order valence-corrected chi connectivity index (χ2v) is 3.63. The van der Waals surface area contributed by atoms with E-state index in [1.54, 1.807) is 0 Å². The van der Waals surface area contributed by atoms with Gasteiger partial charge in [0.2, 0.25) is 0 Å². The molecule has 0 saturated heterocycles. The Balaban J connectivity index is -0.000000360. The zero-order valence-corrected chi connectivity index (χ0v) is 16.7. The quantitative estimate of drug-likeness (QED) is 0.294. The molecule has 0 saturated carbocycles. The summed E-state index contributed by atoms with van der Waals surface area (Å²) in [6.07, 6.45) is 0. The summed E-state index contributed by atoms with van der Waals surface area (Å²) in [6, 6.07) is 10.7. The maximum Gasteiger partial charge on any atom is 4.00 e. The van der Waals surface area contributed by atoms with Gasteiger partial charge in [-0.05, 0) is 4.47 Å². The first kappa shape index (κ1) is 21.9. The molecule has 0 atom stereocenters. The van der Waals surface area contributed by atoms with Crippen LogP contribution in [0.15, 0.2) is 34.8 Å². The van der Waals surface area contributed by atoms with Gasteiger partial charge in [0.25, 0.3) is 0 Å². The molecule has 0 bridgehead atoms. The second kappa shape index (κ2) is 9.64. The van der Waals surface area contributed by atoms with Crippen molar-refractivity contribution in [3.05, 3.63) is 40.4 Å². The Morgan fingerprint density at radius 1 is 1.13 bits per heavy atom. The Bertz CT molecular complexity index is 397. The van der Waals surface area contributed by atoms with Gasteiger partial charge in [-0.15, -0.1) is 34.5 Å². The van der Waals surface area contributed by atoms with Gasteiger partial charge in [-0.25, -0.2) is 0 Å². The molecule has 5 heteroatoms. The molecule has 0 radical (unpaired) electrons. The number of fused-ring (bicyclic) bond motifs is 1. The van der Waals surface area contributed by atoms with Crippen LogP contribution in [0.2, 0.25) is 0 Å². The molecule has 0 fully saturated rings. The van der Waals surface area contributed by atoms with E-state index in [-0.39, 0.29) is 77.1 Å². The second-order valence-electron chi connectivity index (χ2n) is 2.78. The maximum atomic E-state index is 3.51. The molecule has 15 heavy (non-hydrogen) atoms. The molecule has 0 heterocycles. The van der Waals surface area contributed by atoms with Crippen LogP contribution in [0.25, 0.3) is 10.8 Å². The number of hydrogen-bond donors (Lipinski definition) is 0. The van der Waals surface area contributed by atoms with Crippen LogP contribution in [0.4, 0.5) is 0 Å². The minimum absolute atomic E-state index is 0. The van der Waals surface area contributed by atoms with E-state index in [9.17, 15) is 0 Å². The predicted molar refractivity (Wildman–Crippen MR) is 52.0 cm³/mol. The number of benzene rings is 1. The van der Waals surface area contributed by atoms with Crippen LogP contribution in [0.3, 0.4) is 0 Å². The fraction of sp³-hybridized carbons (Fsp3) is 0.100. The zero-order valence-electron chi connectivity index (χ0n) is 7.90. The molecule has 0 aromatic heterocycles. The minimum Gasteiger partial charge on any atom is -1.00 e. The first-order valence-electron chi connectivity index (χ1n) is 3.59. The molecule has 0 spiro atoms. The smallest absolute Gasteiger partial charge is 1.00 e. The Kier molecular flexibility index (Phi) is 14.1. The van der Waals surface area contributed by atoms with E-state index in [0.29, 0.717) is 0 Å². The number of rotatable bonds is 0. The topological polar surface area (TPSA) is 0 Å². The number of halogens is 4. The Labute approximate surface area is 149 Å². The van der Waals surface area contributed by atoms with Gasteiger partial charge in [0.05, 0.1) is 0 Å². The van der Waals surface area contributed by atoms with E-state index in [1.165, 1.54) is 20.8 Å². The fourth-order valence-corrected chi connectivity index (χ4v) is 1.84. The Hall–Kier alpha value is 1.63. The summed E-state index contributed by atoms with van der Waals surface area (Å²) >= 11 is 3.51. The molecule has 2 rings (SSSR count). The monoisotopic (exact) mass is 534 g/mol. The summed E-state index contributed by atoms with van der Waals surface area (Å²) in [5, 5.41) is 2.63. The first-order chi connectivity index (χ1) is 5.27. The van der Waals surface area contributed by atoms with Crippen LogP contribution < -0.4 is 50.9 Å². The third-order valence-electron chi connectivity index (χ3n) is 1.84. The van der Waals surface area contributed by atoms with E-state index in [4.69, 9.17) is 0 Å². The summed E-state index contributed by atoms with van der Waals surface area (Å²) in [5.41, 5.74) is 1.33. The summed E-state index contributed by atoms with van der Waals surface area (Å²) in [5.74, 6) is 0. The SMILES string of the molecule is Cc1cc2c(Br)cccc2[cH-]1.[Br-].[Br-].[Br-].[Zr+4]. The molecular formula is C10H8Br4Zr. The van der Waals surface area contributed by atoms with Crippen LogP contribution in [-0.2, 0) is 26.2 Å². The summed E-state index contributed by atoms with van der Waals surface area (Å²) < 4.78 is 1.18. The van der Waals surface area contributed by atoms with Crippen molar-refractivity contribution in [3.63, 3.8) is 0 Å². The summed E-state index contributed by atoms with van der Waals surface area (Å²) in [4.78, 5) is 0. The van der Waals surface area contributed by atoms with Crippen molar-refractivity contribution in [2.24, 2.45) is 0 Å². The Morgan fingerprint density at radius 3 is 2.27 bits per heavy atom. The molecule has 0 aliphatic heterocycles. The Morgan fingerprint density at radius 2 is 1.73 bits per heavy atom. The van der Waals surface area contributed by atoms with Crippen molar-refractivity contribution < 1.29 is 77.1 Å². The van der Waals surface area contributed by atoms with Gasteiger partial charge in [0.1, 0.15) is 0 Å². The van der Waals surface area contributed by atoms with E-state index in [2.05, 4.69) is 53.2 Å².